The molecule has 5 heteroatoms. The maximum Gasteiger partial charge on any atom is 0.292 e. The number of pyridine rings is 1. The maximum atomic E-state index is 13.5. The Kier molecular flexibility index (Phi) is 5.51. The number of nitrogens with zero attached hydrogens (tertiary/aromatic N) is 1. The third kappa shape index (κ3) is 4.16. The summed E-state index contributed by atoms with van der Waals surface area (Å²) in [6.07, 6.45) is 3.43. The van der Waals surface area contributed by atoms with Crippen LogP contribution in [-0.2, 0) is 13.2 Å². The molecular formula is C16H19FN2O2. The largest absolute Gasteiger partial charge is 0.483 e. The van der Waals surface area contributed by atoms with Crippen molar-refractivity contribution in [3.8, 4) is 5.75 Å². The molecule has 1 heterocycles. The van der Waals surface area contributed by atoms with Gasteiger partial charge in [0, 0.05) is 18.3 Å². The van der Waals surface area contributed by atoms with Crippen LogP contribution in [0.2, 0.25) is 0 Å². The van der Waals surface area contributed by atoms with Crippen LogP contribution in [0.3, 0.4) is 0 Å². The van der Waals surface area contributed by atoms with Gasteiger partial charge in [-0.1, -0.05) is 18.2 Å². The molecular weight excluding hydrogens is 271 g/mol. The summed E-state index contributed by atoms with van der Waals surface area (Å²) in [7, 11) is 0. The molecule has 0 saturated heterocycles. The number of unbranched alkanes of at least 4 members (excludes halogenated alkanes) is 1. The predicted octanol–water partition coefficient (Wildman–Crippen LogP) is 2.31. The van der Waals surface area contributed by atoms with Crippen molar-refractivity contribution in [3.05, 3.63) is 64.3 Å². The molecule has 0 atom stereocenters. The third-order valence-corrected chi connectivity index (χ3v) is 3.18. The summed E-state index contributed by atoms with van der Waals surface area (Å²) in [6.45, 7) is 1.25. The van der Waals surface area contributed by atoms with E-state index in [1.54, 1.807) is 41.1 Å². The van der Waals surface area contributed by atoms with Gasteiger partial charge in [0.15, 0.2) is 5.75 Å². The van der Waals surface area contributed by atoms with Gasteiger partial charge in [-0.15, -0.1) is 0 Å². The van der Waals surface area contributed by atoms with Gasteiger partial charge in [-0.05, 0) is 37.6 Å². The van der Waals surface area contributed by atoms with E-state index in [1.165, 1.54) is 6.07 Å². The first-order chi connectivity index (χ1) is 10.2. The average molecular weight is 290 g/mol. The van der Waals surface area contributed by atoms with Crippen LogP contribution >= 0.6 is 0 Å². The molecule has 0 amide bonds. The minimum absolute atomic E-state index is 0.0364. The molecule has 0 saturated carbocycles. The Morgan fingerprint density at radius 3 is 2.71 bits per heavy atom. The number of benzene rings is 1. The number of halogens is 1. The first-order valence-electron chi connectivity index (χ1n) is 6.98. The smallest absolute Gasteiger partial charge is 0.292 e. The van der Waals surface area contributed by atoms with Gasteiger partial charge in [0.25, 0.3) is 5.56 Å². The summed E-state index contributed by atoms with van der Waals surface area (Å²) < 4.78 is 20.5. The van der Waals surface area contributed by atoms with Crippen LogP contribution in [0, 0.1) is 5.82 Å². The fraction of sp³-hybridized carbons (Fsp3) is 0.312. The van der Waals surface area contributed by atoms with Gasteiger partial charge in [-0.2, -0.15) is 0 Å². The molecule has 0 bridgehead atoms. The van der Waals surface area contributed by atoms with E-state index in [4.69, 9.17) is 10.5 Å². The Labute approximate surface area is 123 Å². The number of hydrogen-bond donors (Lipinski definition) is 1. The standard InChI is InChI=1S/C16H19FN2O2/c17-14-7-2-1-6-13(14)12-21-15-8-5-11-19(16(15)20)10-4-3-9-18/h1-2,5-8,11H,3-4,9-10,12,18H2. The van der Waals surface area contributed by atoms with Crippen LogP contribution < -0.4 is 16.0 Å². The summed E-state index contributed by atoms with van der Waals surface area (Å²) >= 11 is 0. The van der Waals surface area contributed by atoms with E-state index in [0.29, 0.717) is 18.7 Å². The van der Waals surface area contributed by atoms with Gasteiger partial charge < -0.3 is 15.0 Å². The van der Waals surface area contributed by atoms with Crippen molar-refractivity contribution in [1.29, 1.82) is 0 Å². The Morgan fingerprint density at radius 2 is 1.95 bits per heavy atom. The molecule has 2 rings (SSSR count). The minimum Gasteiger partial charge on any atom is -0.483 e. The summed E-state index contributed by atoms with van der Waals surface area (Å²) in [5.41, 5.74) is 5.66. The van der Waals surface area contributed by atoms with Crippen molar-refractivity contribution in [2.45, 2.75) is 26.0 Å². The number of aromatic nitrogens is 1. The number of rotatable bonds is 7. The van der Waals surface area contributed by atoms with Crippen LogP contribution in [0.15, 0.2) is 47.4 Å². The molecule has 1 aromatic carbocycles. The topological polar surface area (TPSA) is 57.2 Å². The lowest BCUT2D eigenvalue weighted by atomic mass is 10.2. The zero-order chi connectivity index (χ0) is 15.1. The lowest BCUT2D eigenvalue weighted by Gasteiger charge is -2.09. The van der Waals surface area contributed by atoms with Crippen molar-refractivity contribution >= 4 is 0 Å². The molecule has 1 aromatic heterocycles. The highest BCUT2D eigenvalue weighted by Crippen LogP contribution is 2.10. The second-order valence-corrected chi connectivity index (χ2v) is 4.75. The van der Waals surface area contributed by atoms with Gasteiger partial charge in [-0.25, -0.2) is 4.39 Å². The Bertz CT molecular complexity index is 640. The van der Waals surface area contributed by atoms with Gasteiger partial charge in [0.2, 0.25) is 0 Å². The first-order valence-corrected chi connectivity index (χ1v) is 6.98. The molecule has 2 N–H and O–H groups in total. The molecule has 2 aromatic rings. The van der Waals surface area contributed by atoms with Gasteiger partial charge in [0.05, 0.1) is 0 Å². The van der Waals surface area contributed by atoms with Crippen LogP contribution in [0.4, 0.5) is 4.39 Å². The molecule has 112 valence electrons. The van der Waals surface area contributed by atoms with Crippen LogP contribution in [-0.4, -0.2) is 11.1 Å². The first kappa shape index (κ1) is 15.3. The summed E-state index contributed by atoms with van der Waals surface area (Å²) in [5, 5.41) is 0. The van der Waals surface area contributed by atoms with Crippen molar-refractivity contribution in [1.82, 2.24) is 4.57 Å². The van der Waals surface area contributed by atoms with Crippen molar-refractivity contribution in [2.24, 2.45) is 5.73 Å². The van der Waals surface area contributed by atoms with Crippen LogP contribution in [0.5, 0.6) is 5.75 Å². The van der Waals surface area contributed by atoms with Crippen molar-refractivity contribution in [2.75, 3.05) is 6.54 Å². The van der Waals surface area contributed by atoms with Crippen molar-refractivity contribution in [3.63, 3.8) is 0 Å². The summed E-state index contributed by atoms with van der Waals surface area (Å²) in [4.78, 5) is 12.2. The highest BCUT2D eigenvalue weighted by Gasteiger charge is 2.06. The average Bonchev–Trinajstić information content (AvgIpc) is 2.49. The zero-order valence-electron chi connectivity index (χ0n) is 11.8. The van der Waals surface area contributed by atoms with Crippen LogP contribution in [0.25, 0.3) is 0 Å². The molecule has 0 unspecified atom stereocenters. The second-order valence-electron chi connectivity index (χ2n) is 4.75. The number of ether oxygens (including phenoxy) is 1. The Hall–Kier alpha value is -2.14. The molecule has 0 aliphatic rings. The van der Waals surface area contributed by atoms with E-state index in [9.17, 15) is 9.18 Å². The molecule has 0 spiro atoms. The molecule has 4 nitrogen and oxygen atoms in total. The fourth-order valence-corrected chi connectivity index (χ4v) is 2.00. The molecule has 0 aliphatic heterocycles. The lowest BCUT2D eigenvalue weighted by molar-refractivity contribution is 0.292. The van der Waals surface area contributed by atoms with E-state index in [-0.39, 0.29) is 23.7 Å². The predicted molar refractivity (Wildman–Crippen MR) is 79.7 cm³/mol. The normalized spacial score (nSPS) is 10.6. The van der Waals surface area contributed by atoms with Crippen molar-refractivity contribution < 1.29 is 9.13 Å². The van der Waals surface area contributed by atoms with E-state index < -0.39 is 0 Å². The third-order valence-electron chi connectivity index (χ3n) is 3.18. The Balaban J connectivity index is 2.05. The van der Waals surface area contributed by atoms with Gasteiger partial charge >= 0.3 is 0 Å². The number of hydrogen-bond acceptors (Lipinski definition) is 3. The van der Waals surface area contributed by atoms with Gasteiger partial charge in [0.1, 0.15) is 12.4 Å². The van der Waals surface area contributed by atoms with E-state index in [0.717, 1.165) is 12.8 Å². The SMILES string of the molecule is NCCCCn1cccc(OCc2ccccc2F)c1=O. The molecule has 0 aliphatic carbocycles. The van der Waals surface area contributed by atoms with Crippen LogP contribution in [0.1, 0.15) is 18.4 Å². The highest BCUT2D eigenvalue weighted by atomic mass is 19.1. The molecule has 0 fully saturated rings. The minimum atomic E-state index is -0.336. The molecule has 0 radical (unpaired) electrons. The highest BCUT2D eigenvalue weighted by molar-refractivity contribution is 5.20. The second kappa shape index (κ2) is 7.59. The van der Waals surface area contributed by atoms with E-state index in [1.807, 2.05) is 0 Å². The summed E-state index contributed by atoms with van der Waals surface area (Å²) in [5.74, 6) is -0.106. The monoisotopic (exact) mass is 290 g/mol. The quantitative estimate of drug-likeness (QED) is 0.796. The lowest BCUT2D eigenvalue weighted by Crippen LogP contribution is -2.21. The number of nitrogens with two attached hydrogens (primary N) is 1. The maximum absolute atomic E-state index is 13.5. The fourth-order valence-electron chi connectivity index (χ4n) is 2.00. The summed E-state index contributed by atoms with van der Waals surface area (Å²) in [6, 6.07) is 9.71. The van der Waals surface area contributed by atoms with E-state index in [2.05, 4.69) is 0 Å². The van der Waals surface area contributed by atoms with E-state index >= 15 is 0 Å². The van der Waals surface area contributed by atoms with Gasteiger partial charge in [-0.3, -0.25) is 4.79 Å². The molecule has 21 heavy (non-hydrogen) atoms. The Morgan fingerprint density at radius 1 is 1.14 bits per heavy atom. The zero-order valence-corrected chi connectivity index (χ0v) is 11.8. The number of aryl methyl sites for hydroxylation is 1.